The van der Waals surface area contributed by atoms with Gasteiger partial charge in [0.2, 0.25) is 0 Å². The zero-order valence-electron chi connectivity index (χ0n) is 13.9. The Morgan fingerprint density at radius 3 is 2.76 bits per heavy atom. The molecule has 0 spiro atoms. The Morgan fingerprint density at radius 2 is 2.12 bits per heavy atom. The average molecular weight is 365 g/mol. The summed E-state index contributed by atoms with van der Waals surface area (Å²) in [6.45, 7) is 3.99. The predicted molar refractivity (Wildman–Crippen MR) is 92.1 cm³/mol. The molecular weight excluding hydrogens is 346 g/mol. The zero-order valence-corrected chi connectivity index (χ0v) is 14.8. The SMILES string of the molecule is CCOC(=O)c1cc(CC)sc1NC(=O)c1ccnn1CCC(=O)O. The molecule has 0 aromatic carbocycles. The van der Waals surface area contributed by atoms with Crippen LogP contribution < -0.4 is 5.32 Å². The number of thiophene rings is 1. The smallest absolute Gasteiger partial charge is 0.341 e. The summed E-state index contributed by atoms with van der Waals surface area (Å²) in [5.41, 5.74) is 0.538. The number of nitrogens with one attached hydrogen (secondary N) is 1. The van der Waals surface area contributed by atoms with E-state index in [0.29, 0.717) is 10.6 Å². The number of amides is 1. The Labute approximate surface area is 148 Å². The van der Waals surface area contributed by atoms with Gasteiger partial charge in [0, 0.05) is 11.1 Å². The van der Waals surface area contributed by atoms with Gasteiger partial charge in [0.25, 0.3) is 5.91 Å². The fourth-order valence-electron chi connectivity index (χ4n) is 2.14. The van der Waals surface area contributed by atoms with E-state index in [4.69, 9.17) is 9.84 Å². The molecule has 0 saturated heterocycles. The summed E-state index contributed by atoms with van der Waals surface area (Å²) in [6.07, 6.45) is 2.01. The van der Waals surface area contributed by atoms with Crippen LogP contribution in [-0.4, -0.2) is 39.3 Å². The number of nitrogens with zero attached hydrogens (tertiary/aromatic N) is 2. The van der Waals surface area contributed by atoms with Crippen molar-refractivity contribution in [3.8, 4) is 0 Å². The summed E-state index contributed by atoms with van der Waals surface area (Å²) in [7, 11) is 0. The van der Waals surface area contributed by atoms with E-state index in [1.807, 2.05) is 6.92 Å². The minimum Gasteiger partial charge on any atom is -0.481 e. The third-order valence-electron chi connectivity index (χ3n) is 3.34. The van der Waals surface area contributed by atoms with Crippen LogP contribution >= 0.6 is 11.3 Å². The predicted octanol–water partition coefficient (Wildman–Crippen LogP) is 2.41. The molecule has 0 unspecified atom stereocenters. The molecule has 8 nitrogen and oxygen atoms in total. The molecule has 25 heavy (non-hydrogen) atoms. The van der Waals surface area contributed by atoms with Gasteiger partial charge < -0.3 is 15.2 Å². The zero-order chi connectivity index (χ0) is 18.4. The molecule has 0 aliphatic heterocycles. The molecule has 0 aliphatic carbocycles. The second-order valence-electron chi connectivity index (χ2n) is 5.07. The number of aromatic nitrogens is 2. The van der Waals surface area contributed by atoms with Crippen LogP contribution in [0.4, 0.5) is 5.00 Å². The molecule has 2 N–H and O–H groups in total. The third-order valence-corrected chi connectivity index (χ3v) is 4.54. The Hall–Kier alpha value is -2.68. The molecular formula is C16H19N3O5S. The monoisotopic (exact) mass is 365 g/mol. The van der Waals surface area contributed by atoms with E-state index in [1.165, 1.54) is 28.3 Å². The molecule has 0 fully saturated rings. The first-order chi connectivity index (χ1) is 12.0. The first-order valence-electron chi connectivity index (χ1n) is 7.81. The summed E-state index contributed by atoms with van der Waals surface area (Å²) in [5.74, 6) is -1.93. The molecule has 0 atom stereocenters. The van der Waals surface area contributed by atoms with Crippen molar-refractivity contribution >= 4 is 34.2 Å². The van der Waals surface area contributed by atoms with Crippen LogP contribution in [-0.2, 0) is 22.5 Å². The minimum absolute atomic E-state index is 0.0838. The van der Waals surface area contributed by atoms with Gasteiger partial charge in [0.05, 0.1) is 25.1 Å². The molecule has 0 bridgehead atoms. The Kier molecular flexibility index (Phi) is 6.29. The number of carbonyl (C=O) groups is 3. The van der Waals surface area contributed by atoms with Crippen LogP contribution in [0.25, 0.3) is 0 Å². The lowest BCUT2D eigenvalue weighted by Gasteiger charge is -2.08. The van der Waals surface area contributed by atoms with Gasteiger partial charge in [-0.05, 0) is 25.5 Å². The summed E-state index contributed by atoms with van der Waals surface area (Å²) in [6, 6.07) is 3.20. The first-order valence-corrected chi connectivity index (χ1v) is 8.62. The number of hydrogen-bond donors (Lipinski definition) is 2. The van der Waals surface area contributed by atoms with E-state index < -0.39 is 17.8 Å². The molecule has 2 aromatic rings. The van der Waals surface area contributed by atoms with Crippen molar-refractivity contribution in [2.24, 2.45) is 0 Å². The van der Waals surface area contributed by atoms with Crippen LogP contribution in [0.3, 0.4) is 0 Å². The van der Waals surface area contributed by atoms with Crippen molar-refractivity contribution in [1.29, 1.82) is 0 Å². The lowest BCUT2D eigenvalue weighted by atomic mass is 10.2. The maximum atomic E-state index is 12.5. The summed E-state index contributed by atoms with van der Waals surface area (Å²) in [5, 5.41) is 15.8. The number of anilines is 1. The summed E-state index contributed by atoms with van der Waals surface area (Å²) >= 11 is 1.31. The molecule has 134 valence electrons. The summed E-state index contributed by atoms with van der Waals surface area (Å²) < 4.78 is 6.34. The second kappa shape index (κ2) is 8.43. The average Bonchev–Trinajstić information content (AvgIpc) is 3.19. The maximum Gasteiger partial charge on any atom is 0.341 e. The number of carbonyl (C=O) groups excluding carboxylic acids is 2. The first kappa shape index (κ1) is 18.7. The van der Waals surface area contributed by atoms with Crippen molar-refractivity contribution in [3.63, 3.8) is 0 Å². The normalized spacial score (nSPS) is 10.5. The maximum absolute atomic E-state index is 12.5. The molecule has 0 saturated carbocycles. The van der Waals surface area contributed by atoms with Crippen molar-refractivity contribution in [2.75, 3.05) is 11.9 Å². The Morgan fingerprint density at radius 1 is 1.36 bits per heavy atom. The standard InChI is InChI=1S/C16H19N3O5S/c1-3-10-9-11(16(23)24-4-2)15(25-10)18-14(22)12-5-7-17-19(12)8-6-13(20)21/h5,7,9H,3-4,6,8H2,1-2H3,(H,18,22)(H,20,21). The fraction of sp³-hybridized carbons (Fsp3) is 0.375. The van der Waals surface area contributed by atoms with Gasteiger partial charge in [-0.3, -0.25) is 14.3 Å². The molecule has 9 heteroatoms. The van der Waals surface area contributed by atoms with Gasteiger partial charge in [0.1, 0.15) is 10.7 Å². The third kappa shape index (κ3) is 4.66. The highest BCUT2D eigenvalue weighted by molar-refractivity contribution is 7.16. The molecule has 0 aliphatic rings. The number of ether oxygens (including phenoxy) is 1. The van der Waals surface area contributed by atoms with Crippen molar-refractivity contribution in [2.45, 2.75) is 33.2 Å². The quantitative estimate of drug-likeness (QED) is 0.695. The van der Waals surface area contributed by atoms with Gasteiger partial charge in [-0.2, -0.15) is 5.10 Å². The number of rotatable bonds is 8. The van der Waals surface area contributed by atoms with Crippen molar-refractivity contribution < 1.29 is 24.2 Å². The largest absolute Gasteiger partial charge is 0.481 e. The van der Waals surface area contributed by atoms with E-state index in [9.17, 15) is 14.4 Å². The highest BCUT2D eigenvalue weighted by atomic mass is 32.1. The fourth-order valence-corrected chi connectivity index (χ4v) is 3.12. The van der Waals surface area contributed by atoms with Crippen LogP contribution in [0.2, 0.25) is 0 Å². The molecule has 2 heterocycles. The van der Waals surface area contributed by atoms with E-state index in [-0.39, 0.29) is 25.3 Å². The van der Waals surface area contributed by atoms with E-state index in [1.54, 1.807) is 13.0 Å². The van der Waals surface area contributed by atoms with Gasteiger partial charge >= 0.3 is 11.9 Å². The minimum atomic E-state index is -0.975. The van der Waals surface area contributed by atoms with Crippen molar-refractivity contribution in [1.82, 2.24) is 9.78 Å². The number of hydrogen-bond acceptors (Lipinski definition) is 6. The van der Waals surface area contributed by atoms with Crippen LogP contribution in [0.15, 0.2) is 18.3 Å². The lowest BCUT2D eigenvalue weighted by Crippen LogP contribution is -2.19. The van der Waals surface area contributed by atoms with E-state index in [2.05, 4.69) is 10.4 Å². The highest BCUT2D eigenvalue weighted by Crippen LogP contribution is 2.29. The van der Waals surface area contributed by atoms with Gasteiger partial charge in [0.15, 0.2) is 0 Å². The topological polar surface area (TPSA) is 111 Å². The second-order valence-corrected chi connectivity index (χ2v) is 6.20. The Bertz CT molecular complexity index is 781. The van der Waals surface area contributed by atoms with Crippen LogP contribution in [0.1, 0.15) is 46.0 Å². The van der Waals surface area contributed by atoms with E-state index in [0.717, 1.165) is 11.3 Å². The molecule has 2 aromatic heterocycles. The lowest BCUT2D eigenvalue weighted by molar-refractivity contribution is -0.137. The number of aliphatic carboxylic acids is 1. The number of esters is 1. The number of carboxylic acid groups (broad SMARTS) is 1. The van der Waals surface area contributed by atoms with E-state index >= 15 is 0 Å². The van der Waals surface area contributed by atoms with Gasteiger partial charge in [-0.15, -0.1) is 11.3 Å². The van der Waals surface area contributed by atoms with Gasteiger partial charge in [-0.25, -0.2) is 4.79 Å². The van der Waals surface area contributed by atoms with Crippen LogP contribution in [0, 0.1) is 0 Å². The Balaban J connectivity index is 2.20. The molecule has 0 radical (unpaired) electrons. The summed E-state index contributed by atoms with van der Waals surface area (Å²) in [4.78, 5) is 36.2. The number of carboxylic acids is 1. The molecule has 2 rings (SSSR count). The van der Waals surface area contributed by atoms with Crippen LogP contribution in [0.5, 0.6) is 0 Å². The highest BCUT2D eigenvalue weighted by Gasteiger charge is 2.21. The molecule has 1 amide bonds. The number of aryl methyl sites for hydroxylation is 2. The van der Waals surface area contributed by atoms with Crippen molar-refractivity contribution in [3.05, 3.63) is 34.5 Å². The van der Waals surface area contributed by atoms with Gasteiger partial charge in [-0.1, -0.05) is 6.92 Å².